The number of ether oxygens (including phenoxy) is 1. The van der Waals surface area contributed by atoms with Gasteiger partial charge in [0.2, 0.25) is 0 Å². The topological polar surface area (TPSA) is 55.4 Å². The summed E-state index contributed by atoms with van der Waals surface area (Å²) < 4.78 is 34.4. The Morgan fingerprint density at radius 3 is 2.46 bits per heavy atom. The van der Waals surface area contributed by atoms with Crippen LogP contribution in [0.2, 0.25) is 5.02 Å². The molecule has 0 heterocycles. The van der Waals surface area contributed by atoms with Crippen LogP contribution in [0.5, 0.6) is 5.75 Å². The summed E-state index contributed by atoms with van der Waals surface area (Å²) in [5, 5.41) is 1.90. The quantitative estimate of drug-likeness (QED) is 0.614. The van der Waals surface area contributed by atoms with Crippen molar-refractivity contribution in [1.82, 2.24) is 0 Å². The predicted octanol–water partition coefficient (Wildman–Crippen LogP) is 5.39. The summed E-state index contributed by atoms with van der Waals surface area (Å²) in [6.45, 7) is 4.38. The normalized spacial score (nSPS) is 11.5. The Morgan fingerprint density at radius 1 is 1.00 bits per heavy atom. The van der Waals surface area contributed by atoms with E-state index in [4.69, 9.17) is 16.3 Å². The van der Waals surface area contributed by atoms with Crippen LogP contribution in [0.4, 0.5) is 5.69 Å². The van der Waals surface area contributed by atoms with Crippen LogP contribution in [0.1, 0.15) is 18.9 Å². The van der Waals surface area contributed by atoms with Gasteiger partial charge in [0.1, 0.15) is 5.75 Å². The highest BCUT2D eigenvalue weighted by Crippen LogP contribution is 2.33. The van der Waals surface area contributed by atoms with Crippen molar-refractivity contribution in [2.45, 2.75) is 25.2 Å². The van der Waals surface area contributed by atoms with Crippen LogP contribution >= 0.6 is 11.6 Å². The molecule has 0 bridgehead atoms. The molecule has 3 aromatic rings. The first-order valence-electron chi connectivity index (χ1n) is 8.36. The lowest BCUT2D eigenvalue weighted by Crippen LogP contribution is -2.14. The summed E-state index contributed by atoms with van der Waals surface area (Å²) in [6, 6.07) is 15.8. The van der Waals surface area contributed by atoms with Crippen molar-refractivity contribution in [3.8, 4) is 5.75 Å². The van der Waals surface area contributed by atoms with Crippen molar-refractivity contribution in [1.29, 1.82) is 0 Å². The molecule has 3 rings (SSSR count). The molecule has 4 nitrogen and oxygen atoms in total. The minimum absolute atomic E-state index is 0.205. The molecule has 0 spiro atoms. The van der Waals surface area contributed by atoms with Crippen LogP contribution in [-0.2, 0) is 10.0 Å². The minimum atomic E-state index is -3.78. The monoisotopic (exact) mass is 389 g/mol. The van der Waals surface area contributed by atoms with Crippen molar-refractivity contribution in [2.75, 3.05) is 11.3 Å². The second kappa shape index (κ2) is 7.56. The van der Waals surface area contributed by atoms with Gasteiger partial charge in [-0.3, -0.25) is 4.72 Å². The molecule has 0 fully saturated rings. The van der Waals surface area contributed by atoms with Gasteiger partial charge in [0.05, 0.1) is 17.2 Å². The van der Waals surface area contributed by atoms with Crippen LogP contribution in [-0.4, -0.2) is 15.0 Å². The smallest absolute Gasteiger partial charge is 0.262 e. The molecule has 0 aliphatic heterocycles. The standard InChI is InChI=1S/C20H20ClNO3S/c1-3-13-25-19-11-12-20(16-8-5-4-7-15(16)19)26(23,24)22-18-10-6-9-17(21)14(18)2/h4-12,22H,3,13H2,1-2H3. The highest BCUT2D eigenvalue weighted by atomic mass is 35.5. The van der Waals surface area contributed by atoms with Crippen LogP contribution in [0, 0.1) is 6.92 Å². The van der Waals surface area contributed by atoms with E-state index in [1.165, 1.54) is 0 Å². The lowest BCUT2D eigenvalue weighted by molar-refractivity contribution is 0.321. The SMILES string of the molecule is CCCOc1ccc(S(=O)(=O)Nc2cccc(Cl)c2C)c2ccccc12. The van der Waals surface area contributed by atoms with E-state index in [2.05, 4.69) is 4.72 Å². The Hall–Kier alpha value is -2.24. The van der Waals surface area contributed by atoms with Gasteiger partial charge in [0.15, 0.2) is 0 Å². The fraction of sp³-hybridized carbons (Fsp3) is 0.200. The molecule has 0 amide bonds. The zero-order chi connectivity index (χ0) is 18.7. The van der Waals surface area contributed by atoms with Crippen LogP contribution in [0.15, 0.2) is 59.5 Å². The Morgan fingerprint density at radius 2 is 1.73 bits per heavy atom. The molecule has 3 aromatic carbocycles. The average molecular weight is 390 g/mol. The van der Waals surface area contributed by atoms with Gasteiger partial charge in [-0.1, -0.05) is 48.9 Å². The molecule has 0 saturated carbocycles. The number of benzene rings is 3. The van der Waals surface area contributed by atoms with E-state index in [1.807, 2.05) is 25.1 Å². The van der Waals surface area contributed by atoms with E-state index in [0.717, 1.165) is 11.8 Å². The molecular weight excluding hydrogens is 370 g/mol. The van der Waals surface area contributed by atoms with Gasteiger partial charge in [-0.25, -0.2) is 8.42 Å². The summed E-state index contributed by atoms with van der Waals surface area (Å²) in [4.78, 5) is 0.205. The van der Waals surface area contributed by atoms with Gasteiger partial charge in [-0.15, -0.1) is 0 Å². The van der Waals surface area contributed by atoms with E-state index in [-0.39, 0.29) is 4.90 Å². The summed E-state index contributed by atoms with van der Waals surface area (Å²) in [5.41, 5.74) is 1.15. The maximum Gasteiger partial charge on any atom is 0.262 e. The van der Waals surface area contributed by atoms with Gasteiger partial charge < -0.3 is 4.74 Å². The number of sulfonamides is 1. The maximum absolute atomic E-state index is 13.0. The van der Waals surface area contributed by atoms with E-state index in [9.17, 15) is 8.42 Å². The number of hydrogen-bond acceptors (Lipinski definition) is 3. The molecule has 0 aromatic heterocycles. The molecule has 0 saturated heterocycles. The lowest BCUT2D eigenvalue weighted by atomic mass is 10.1. The van der Waals surface area contributed by atoms with Gasteiger partial charge in [-0.2, -0.15) is 0 Å². The third-order valence-electron chi connectivity index (χ3n) is 4.11. The summed E-state index contributed by atoms with van der Waals surface area (Å²) in [7, 11) is -3.78. The highest BCUT2D eigenvalue weighted by molar-refractivity contribution is 7.93. The summed E-state index contributed by atoms with van der Waals surface area (Å²) in [6.07, 6.45) is 0.879. The number of anilines is 1. The lowest BCUT2D eigenvalue weighted by Gasteiger charge is -2.15. The fourth-order valence-corrected chi connectivity index (χ4v) is 4.24. The first-order valence-corrected chi connectivity index (χ1v) is 10.2. The zero-order valence-corrected chi connectivity index (χ0v) is 16.2. The number of halogens is 1. The van der Waals surface area contributed by atoms with Crippen molar-refractivity contribution >= 4 is 38.1 Å². The van der Waals surface area contributed by atoms with Crippen molar-refractivity contribution in [3.05, 3.63) is 65.2 Å². The van der Waals surface area contributed by atoms with Crippen molar-refractivity contribution < 1.29 is 13.2 Å². The van der Waals surface area contributed by atoms with Crippen LogP contribution < -0.4 is 9.46 Å². The second-order valence-electron chi connectivity index (χ2n) is 5.97. The number of hydrogen-bond donors (Lipinski definition) is 1. The van der Waals surface area contributed by atoms with Gasteiger partial charge in [0.25, 0.3) is 10.0 Å². The second-order valence-corrected chi connectivity index (χ2v) is 8.03. The third-order valence-corrected chi connectivity index (χ3v) is 5.94. The maximum atomic E-state index is 13.0. The van der Waals surface area contributed by atoms with Gasteiger partial charge in [-0.05, 0) is 43.2 Å². The largest absolute Gasteiger partial charge is 0.493 e. The molecule has 0 unspecified atom stereocenters. The molecule has 0 atom stereocenters. The van der Waals surface area contributed by atoms with E-state index < -0.39 is 10.0 Å². The van der Waals surface area contributed by atoms with Crippen LogP contribution in [0.3, 0.4) is 0 Å². The van der Waals surface area contributed by atoms with E-state index in [1.54, 1.807) is 43.3 Å². The first-order chi connectivity index (χ1) is 12.4. The minimum Gasteiger partial charge on any atom is -0.493 e. The molecule has 0 radical (unpaired) electrons. The predicted molar refractivity (Wildman–Crippen MR) is 107 cm³/mol. The van der Waals surface area contributed by atoms with Gasteiger partial charge >= 0.3 is 0 Å². The Balaban J connectivity index is 2.08. The molecule has 1 N–H and O–H groups in total. The zero-order valence-electron chi connectivity index (χ0n) is 14.6. The van der Waals surface area contributed by atoms with E-state index >= 15 is 0 Å². The highest BCUT2D eigenvalue weighted by Gasteiger charge is 2.20. The Kier molecular flexibility index (Phi) is 5.39. The molecule has 26 heavy (non-hydrogen) atoms. The Bertz CT molecular complexity index is 1050. The Labute approximate surface area is 158 Å². The van der Waals surface area contributed by atoms with Crippen molar-refractivity contribution in [2.24, 2.45) is 0 Å². The molecular formula is C20H20ClNO3S. The average Bonchev–Trinajstić information content (AvgIpc) is 2.63. The van der Waals surface area contributed by atoms with Gasteiger partial charge in [0, 0.05) is 15.8 Å². The molecule has 0 aliphatic rings. The number of rotatable bonds is 6. The fourth-order valence-electron chi connectivity index (χ4n) is 2.73. The number of nitrogens with one attached hydrogen (secondary N) is 1. The summed E-state index contributed by atoms with van der Waals surface area (Å²) >= 11 is 6.10. The molecule has 0 aliphatic carbocycles. The first kappa shape index (κ1) is 18.5. The number of fused-ring (bicyclic) bond motifs is 1. The summed E-state index contributed by atoms with van der Waals surface area (Å²) in [5.74, 6) is 0.681. The van der Waals surface area contributed by atoms with Crippen molar-refractivity contribution in [3.63, 3.8) is 0 Å². The van der Waals surface area contributed by atoms with Crippen LogP contribution in [0.25, 0.3) is 10.8 Å². The van der Waals surface area contributed by atoms with E-state index in [0.29, 0.717) is 34.0 Å². The third kappa shape index (κ3) is 3.64. The molecule has 136 valence electrons. The molecule has 6 heteroatoms.